The average Bonchev–Trinajstić information content (AvgIpc) is 2.82. The Morgan fingerprint density at radius 3 is 3.06 bits per heavy atom. The minimum Gasteiger partial charge on any atom is -0.381 e. The van der Waals surface area contributed by atoms with E-state index in [4.69, 9.17) is 16.3 Å². The summed E-state index contributed by atoms with van der Waals surface area (Å²) < 4.78 is 31.7. The van der Waals surface area contributed by atoms with E-state index in [1.807, 2.05) is 0 Å². The molecule has 18 heavy (non-hydrogen) atoms. The first-order chi connectivity index (χ1) is 8.59. The third kappa shape index (κ3) is 3.41. The molecule has 1 aromatic heterocycles. The molecule has 0 bridgehead atoms. The van der Waals surface area contributed by atoms with Crippen LogP contribution in [0.5, 0.6) is 0 Å². The highest BCUT2D eigenvalue weighted by Gasteiger charge is 2.20. The molecule has 1 aliphatic rings. The number of aromatic nitrogens is 1. The van der Waals surface area contributed by atoms with Gasteiger partial charge in [-0.05, 0) is 30.9 Å². The molecule has 0 amide bonds. The Hall–Kier alpha value is -0.690. The third-order valence-electron chi connectivity index (χ3n) is 2.88. The van der Waals surface area contributed by atoms with Crippen LogP contribution in [0.3, 0.4) is 0 Å². The molecule has 0 radical (unpaired) electrons. The van der Waals surface area contributed by atoms with Gasteiger partial charge in [0.15, 0.2) is 0 Å². The van der Waals surface area contributed by atoms with Crippen LogP contribution in [0.4, 0.5) is 0 Å². The van der Waals surface area contributed by atoms with Crippen LogP contribution in [-0.2, 0) is 14.8 Å². The quantitative estimate of drug-likeness (QED) is 0.833. The van der Waals surface area contributed by atoms with E-state index in [1.165, 1.54) is 12.3 Å². The van der Waals surface area contributed by atoms with E-state index in [1.54, 1.807) is 6.07 Å². The SMILES string of the molecule is O=S(=O)(NCCC1CCOC1)c1cccnc1Cl. The fraction of sp³-hybridized carbons (Fsp3) is 0.545. The number of hydrogen-bond donors (Lipinski definition) is 1. The summed E-state index contributed by atoms with van der Waals surface area (Å²) in [4.78, 5) is 3.78. The normalized spacial score (nSPS) is 20.2. The standard InChI is InChI=1S/C11H15ClN2O3S/c12-11-10(2-1-5-13-11)18(15,16)14-6-3-9-4-7-17-8-9/h1-2,5,9,14H,3-4,6-8H2. The van der Waals surface area contributed by atoms with E-state index in [0.717, 1.165) is 26.1 Å². The summed E-state index contributed by atoms with van der Waals surface area (Å²) in [6.45, 7) is 1.88. The predicted octanol–water partition coefficient (Wildman–Crippen LogP) is 1.44. The van der Waals surface area contributed by atoms with Crippen molar-refractivity contribution in [1.82, 2.24) is 9.71 Å². The largest absolute Gasteiger partial charge is 0.381 e. The summed E-state index contributed by atoms with van der Waals surface area (Å²) in [5, 5.41) is -0.00537. The summed E-state index contributed by atoms with van der Waals surface area (Å²) in [7, 11) is -3.57. The van der Waals surface area contributed by atoms with Crippen LogP contribution in [0.15, 0.2) is 23.2 Å². The lowest BCUT2D eigenvalue weighted by atomic mass is 10.1. The Morgan fingerprint density at radius 1 is 1.56 bits per heavy atom. The summed E-state index contributed by atoms with van der Waals surface area (Å²) in [5.41, 5.74) is 0. The Kier molecular flexibility index (Phi) is 4.55. The van der Waals surface area contributed by atoms with Crippen LogP contribution < -0.4 is 4.72 Å². The number of ether oxygens (including phenoxy) is 1. The zero-order valence-corrected chi connectivity index (χ0v) is 11.4. The van der Waals surface area contributed by atoms with Gasteiger partial charge in [0.25, 0.3) is 0 Å². The van der Waals surface area contributed by atoms with Crippen molar-refractivity contribution in [3.63, 3.8) is 0 Å². The van der Waals surface area contributed by atoms with Crippen molar-refractivity contribution in [2.75, 3.05) is 19.8 Å². The number of rotatable bonds is 5. The molecule has 2 heterocycles. The molecule has 0 aliphatic carbocycles. The second-order valence-electron chi connectivity index (χ2n) is 4.21. The van der Waals surface area contributed by atoms with Gasteiger partial charge in [0.1, 0.15) is 10.0 Å². The maximum atomic E-state index is 12.0. The zero-order valence-electron chi connectivity index (χ0n) is 9.80. The van der Waals surface area contributed by atoms with Crippen molar-refractivity contribution in [3.8, 4) is 0 Å². The van der Waals surface area contributed by atoms with Crippen LogP contribution in [0.25, 0.3) is 0 Å². The predicted molar refractivity (Wildman–Crippen MR) is 68.0 cm³/mol. The summed E-state index contributed by atoms with van der Waals surface area (Å²) >= 11 is 5.76. The maximum Gasteiger partial charge on any atom is 0.243 e. The smallest absolute Gasteiger partial charge is 0.243 e. The highest BCUT2D eigenvalue weighted by molar-refractivity contribution is 7.89. The van der Waals surface area contributed by atoms with Gasteiger partial charge in [-0.2, -0.15) is 0 Å². The van der Waals surface area contributed by atoms with Crippen LogP contribution >= 0.6 is 11.6 Å². The molecule has 0 spiro atoms. The Morgan fingerprint density at radius 2 is 2.39 bits per heavy atom. The van der Waals surface area contributed by atoms with Crippen LogP contribution in [0, 0.1) is 5.92 Å². The van der Waals surface area contributed by atoms with E-state index in [9.17, 15) is 8.42 Å². The van der Waals surface area contributed by atoms with Gasteiger partial charge in [0.2, 0.25) is 10.0 Å². The van der Waals surface area contributed by atoms with Crippen molar-refractivity contribution in [2.24, 2.45) is 5.92 Å². The molecule has 1 aromatic rings. The lowest BCUT2D eigenvalue weighted by Crippen LogP contribution is -2.26. The fourth-order valence-corrected chi connectivity index (χ4v) is 3.36. The molecule has 5 nitrogen and oxygen atoms in total. The number of sulfonamides is 1. The lowest BCUT2D eigenvalue weighted by molar-refractivity contribution is 0.184. The molecule has 1 saturated heterocycles. The number of halogens is 1. The first kappa shape index (κ1) is 13.7. The topological polar surface area (TPSA) is 68.3 Å². The zero-order chi connectivity index (χ0) is 13.0. The van der Waals surface area contributed by atoms with Crippen molar-refractivity contribution in [1.29, 1.82) is 0 Å². The Labute approximate surface area is 112 Å². The monoisotopic (exact) mass is 290 g/mol. The minimum absolute atomic E-state index is 0.00537. The van der Waals surface area contributed by atoms with Gasteiger partial charge < -0.3 is 4.74 Å². The molecular formula is C11H15ClN2O3S. The second-order valence-corrected chi connectivity index (χ2v) is 6.30. The first-order valence-corrected chi connectivity index (χ1v) is 7.63. The van der Waals surface area contributed by atoms with E-state index in [0.29, 0.717) is 12.5 Å². The van der Waals surface area contributed by atoms with E-state index < -0.39 is 10.0 Å². The fourth-order valence-electron chi connectivity index (χ4n) is 1.86. The van der Waals surface area contributed by atoms with Crippen molar-refractivity contribution >= 4 is 21.6 Å². The van der Waals surface area contributed by atoms with E-state index >= 15 is 0 Å². The van der Waals surface area contributed by atoms with Crippen molar-refractivity contribution < 1.29 is 13.2 Å². The average molecular weight is 291 g/mol. The van der Waals surface area contributed by atoms with Crippen LogP contribution in [-0.4, -0.2) is 33.2 Å². The molecule has 1 atom stereocenters. The first-order valence-electron chi connectivity index (χ1n) is 5.77. The number of pyridine rings is 1. The number of hydrogen-bond acceptors (Lipinski definition) is 4. The van der Waals surface area contributed by atoms with Gasteiger partial charge >= 0.3 is 0 Å². The summed E-state index contributed by atoms with van der Waals surface area (Å²) in [6.07, 6.45) is 3.23. The van der Waals surface area contributed by atoms with Gasteiger partial charge in [-0.15, -0.1) is 0 Å². The molecule has 2 rings (SSSR count). The molecule has 1 aliphatic heterocycles. The van der Waals surface area contributed by atoms with Gasteiger partial charge in [0.05, 0.1) is 0 Å². The minimum atomic E-state index is -3.57. The van der Waals surface area contributed by atoms with Gasteiger partial charge in [-0.3, -0.25) is 0 Å². The molecule has 0 aromatic carbocycles. The third-order valence-corrected chi connectivity index (χ3v) is 4.79. The Balaban J connectivity index is 1.93. The van der Waals surface area contributed by atoms with Crippen molar-refractivity contribution in [3.05, 3.63) is 23.5 Å². The van der Waals surface area contributed by atoms with Crippen molar-refractivity contribution in [2.45, 2.75) is 17.7 Å². The van der Waals surface area contributed by atoms with Gasteiger partial charge in [0, 0.05) is 26.0 Å². The van der Waals surface area contributed by atoms with Crippen LogP contribution in [0.1, 0.15) is 12.8 Å². The molecular weight excluding hydrogens is 276 g/mol. The highest BCUT2D eigenvalue weighted by atomic mass is 35.5. The van der Waals surface area contributed by atoms with Gasteiger partial charge in [-0.1, -0.05) is 11.6 Å². The van der Waals surface area contributed by atoms with E-state index in [-0.39, 0.29) is 10.0 Å². The molecule has 1 unspecified atom stereocenters. The number of nitrogens with one attached hydrogen (secondary N) is 1. The molecule has 1 N–H and O–H groups in total. The molecule has 7 heteroatoms. The second kappa shape index (κ2) is 5.97. The van der Waals surface area contributed by atoms with Gasteiger partial charge in [-0.25, -0.2) is 18.1 Å². The molecule has 1 fully saturated rings. The number of nitrogens with zero attached hydrogens (tertiary/aromatic N) is 1. The van der Waals surface area contributed by atoms with Crippen LogP contribution in [0.2, 0.25) is 5.15 Å². The Bertz CT molecular complexity index is 501. The maximum absolute atomic E-state index is 12.0. The van der Waals surface area contributed by atoms with E-state index in [2.05, 4.69) is 9.71 Å². The summed E-state index contributed by atoms with van der Waals surface area (Å²) in [5.74, 6) is 0.442. The molecule has 0 saturated carbocycles. The molecule has 100 valence electrons. The summed E-state index contributed by atoms with van der Waals surface area (Å²) in [6, 6.07) is 2.99. The lowest BCUT2D eigenvalue weighted by Gasteiger charge is -2.10. The highest BCUT2D eigenvalue weighted by Crippen LogP contribution is 2.19.